The number of hydrogen-bond acceptors (Lipinski definition) is 5. The maximum atomic E-state index is 12.7. The van der Waals surface area contributed by atoms with Crippen molar-refractivity contribution in [2.75, 3.05) is 19.3 Å². The lowest BCUT2D eigenvalue weighted by molar-refractivity contribution is 0.211. The van der Waals surface area contributed by atoms with Crippen molar-refractivity contribution in [2.45, 2.75) is 35.6 Å². The molecule has 2 atom stereocenters. The lowest BCUT2D eigenvalue weighted by Crippen LogP contribution is -2.49. The van der Waals surface area contributed by atoms with Gasteiger partial charge in [0.2, 0.25) is 10.0 Å². The molecule has 2 rings (SSSR count). The quantitative estimate of drug-likeness (QED) is 0.845. The highest BCUT2D eigenvalue weighted by atomic mass is 35.5. The Labute approximate surface area is 144 Å². The molecule has 0 saturated carbocycles. The number of hydrogen-bond donors (Lipinski definition) is 1. The van der Waals surface area contributed by atoms with Gasteiger partial charge in [0.05, 0.1) is 9.79 Å². The molecule has 1 aromatic carbocycles. The topological polar surface area (TPSA) is 97.5 Å². The zero-order valence-corrected chi connectivity index (χ0v) is 15.6. The summed E-state index contributed by atoms with van der Waals surface area (Å²) in [5, 5.41) is 0. The number of piperidine rings is 1. The molecule has 1 aliphatic rings. The Hall–Kier alpha value is -0.670. The Balaban J connectivity index is 0.00000264. The van der Waals surface area contributed by atoms with Gasteiger partial charge in [0.25, 0.3) is 0 Å². The van der Waals surface area contributed by atoms with Crippen LogP contribution in [0.25, 0.3) is 0 Å². The fourth-order valence-corrected chi connectivity index (χ4v) is 5.05. The Kier molecular flexibility index (Phi) is 6.63. The molecule has 1 fully saturated rings. The largest absolute Gasteiger partial charge is 0.329 e. The Morgan fingerprint density at radius 1 is 1.13 bits per heavy atom. The molecule has 2 unspecified atom stereocenters. The first-order valence-electron chi connectivity index (χ1n) is 7.18. The van der Waals surface area contributed by atoms with Crippen molar-refractivity contribution in [2.24, 2.45) is 11.7 Å². The summed E-state index contributed by atoms with van der Waals surface area (Å²) in [7, 11) is -6.99. The number of sulfone groups is 1. The molecule has 0 bridgehead atoms. The van der Waals surface area contributed by atoms with Crippen molar-refractivity contribution in [3.63, 3.8) is 0 Å². The lowest BCUT2D eigenvalue weighted by Gasteiger charge is -2.36. The van der Waals surface area contributed by atoms with Gasteiger partial charge in [-0.05, 0) is 43.0 Å². The number of rotatable bonds is 4. The molecule has 132 valence electrons. The minimum Gasteiger partial charge on any atom is -0.329 e. The second-order valence-corrected chi connectivity index (χ2v) is 9.78. The molecule has 2 N–H and O–H groups in total. The van der Waals surface area contributed by atoms with Gasteiger partial charge in [-0.3, -0.25) is 0 Å². The van der Waals surface area contributed by atoms with E-state index in [4.69, 9.17) is 5.73 Å². The smallest absolute Gasteiger partial charge is 0.243 e. The maximum Gasteiger partial charge on any atom is 0.243 e. The molecule has 1 heterocycles. The summed E-state index contributed by atoms with van der Waals surface area (Å²) in [5.74, 6) is 0.451. The predicted octanol–water partition coefficient (Wildman–Crippen LogP) is 1.26. The minimum absolute atomic E-state index is 0. The van der Waals surface area contributed by atoms with Crippen molar-refractivity contribution in [1.29, 1.82) is 0 Å². The van der Waals surface area contributed by atoms with Gasteiger partial charge in [-0.25, -0.2) is 16.8 Å². The molecule has 23 heavy (non-hydrogen) atoms. The van der Waals surface area contributed by atoms with Crippen LogP contribution in [-0.4, -0.2) is 46.5 Å². The van der Waals surface area contributed by atoms with Crippen molar-refractivity contribution in [3.05, 3.63) is 24.3 Å². The number of sulfonamides is 1. The molecular formula is C14H23ClN2O4S2. The average molecular weight is 383 g/mol. The zero-order chi connectivity index (χ0) is 16.5. The number of benzene rings is 1. The van der Waals surface area contributed by atoms with Gasteiger partial charge in [0, 0.05) is 25.4 Å². The van der Waals surface area contributed by atoms with Crippen molar-refractivity contribution in [1.82, 2.24) is 4.31 Å². The van der Waals surface area contributed by atoms with Crippen LogP contribution in [-0.2, 0) is 19.9 Å². The molecule has 0 radical (unpaired) electrons. The third kappa shape index (κ3) is 4.45. The van der Waals surface area contributed by atoms with Crippen molar-refractivity contribution in [3.8, 4) is 0 Å². The van der Waals surface area contributed by atoms with Crippen LogP contribution in [0.15, 0.2) is 34.1 Å². The first-order chi connectivity index (χ1) is 10.2. The number of halogens is 1. The molecule has 0 aliphatic carbocycles. The summed E-state index contributed by atoms with van der Waals surface area (Å²) in [5.41, 5.74) is 5.73. The zero-order valence-electron chi connectivity index (χ0n) is 13.2. The van der Waals surface area contributed by atoms with E-state index in [1.165, 1.54) is 28.6 Å². The van der Waals surface area contributed by atoms with Gasteiger partial charge < -0.3 is 5.73 Å². The summed E-state index contributed by atoms with van der Waals surface area (Å²) in [4.78, 5) is 0.210. The molecule has 0 spiro atoms. The molecule has 1 aromatic rings. The van der Waals surface area contributed by atoms with E-state index in [1.807, 2.05) is 0 Å². The molecular weight excluding hydrogens is 360 g/mol. The molecule has 6 nitrogen and oxygen atoms in total. The first kappa shape index (κ1) is 20.4. The van der Waals surface area contributed by atoms with Gasteiger partial charge in [0.15, 0.2) is 9.84 Å². The van der Waals surface area contributed by atoms with E-state index in [0.717, 1.165) is 19.1 Å². The Morgan fingerprint density at radius 3 is 2.13 bits per heavy atom. The first-order valence-corrected chi connectivity index (χ1v) is 10.5. The molecule has 1 aliphatic heterocycles. The third-order valence-corrected chi connectivity index (χ3v) is 7.15. The standard InChI is InChI=1S/C14H22N2O4S2.ClH/c1-11-7-8-16(12(9-11)10-15)22(19,20)14-5-3-13(4-6-14)21(2,17)18;/h3-6,11-12H,7-10,15H2,1-2H3;1H. The van der Waals surface area contributed by atoms with Crippen LogP contribution in [0, 0.1) is 5.92 Å². The summed E-state index contributed by atoms with van der Waals surface area (Å²) < 4.78 is 49.8. The van der Waals surface area contributed by atoms with Gasteiger partial charge in [-0.15, -0.1) is 12.4 Å². The second kappa shape index (κ2) is 7.48. The summed E-state index contributed by atoms with van der Waals surface area (Å²) in [6.45, 7) is 2.82. The van der Waals surface area contributed by atoms with E-state index >= 15 is 0 Å². The van der Waals surface area contributed by atoms with Gasteiger partial charge in [0.1, 0.15) is 0 Å². The minimum atomic E-state index is -3.65. The van der Waals surface area contributed by atoms with E-state index in [1.54, 1.807) is 0 Å². The van der Waals surface area contributed by atoms with E-state index < -0.39 is 19.9 Å². The van der Waals surface area contributed by atoms with Crippen LogP contribution in [0.2, 0.25) is 0 Å². The number of nitrogens with two attached hydrogens (primary N) is 1. The molecule has 0 amide bonds. The maximum absolute atomic E-state index is 12.7. The van der Waals surface area contributed by atoms with E-state index in [-0.39, 0.29) is 34.8 Å². The highest BCUT2D eigenvalue weighted by molar-refractivity contribution is 7.90. The van der Waals surface area contributed by atoms with Crippen LogP contribution in [0.3, 0.4) is 0 Å². The normalized spacial score (nSPS) is 23.3. The van der Waals surface area contributed by atoms with Crippen LogP contribution in [0.5, 0.6) is 0 Å². The van der Waals surface area contributed by atoms with Gasteiger partial charge >= 0.3 is 0 Å². The van der Waals surface area contributed by atoms with Crippen LogP contribution in [0.1, 0.15) is 19.8 Å². The van der Waals surface area contributed by atoms with Gasteiger partial charge in [-0.1, -0.05) is 6.92 Å². The molecule has 1 saturated heterocycles. The fourth-order valence-electron chi connectivity index (χ4n) is 2.75. The van der Waals surface area contributed by atoms with Crippen molar-refractivity contribution < 1.29 is 16.8 Å². The summed E-state index contributed by atoms with van der Waals surface area (Å²) >= 11 is 0. The van der Waals surface area contributed by atoms with Crippen molar-refractivity contribution >= 4 is 32.3 Å². The fraction of sp³-hybridized carbons (Fsp3) is 0.571. The second-order valence-electron chi connectivity index (χ2n) is 5.88. The van der Waals surface area contributed by atoms with Gasteiger partial charge in [-0.2, -0.15) is 4.31 Å². The summed E-state index contributed by atoms with van der Waals surface area (Å²) in [6.07, 6.45) is 2.64. The van der Waals surface area contributed by atoms with Crippen LogP contribution in [0.4, 0.5) is 0 Å². The predicted molar refractivity (Wildman–Crippen MR) is 91.9 cm³/mol. The van der Waals surface area contributed by atoms with Crippen LogP contribution >= 0.6 is 12.4 Å². The van der Waals surface area contributed by atoms with E-state index in [2.05, 4.69) is 6.92 Å². The van der Waals surface area contributed by atoms with E-state index in [0.29, 0.717) is 12.5 Å². The highest BCUT2D eigenvalue weighted by Gasteiger charge is 2.34. The lowest BCUT2D eigenvalue weighted by atomic mass is 9.94. The van der Waals surface area contributed by atoms with E-state index in [9.17, 15) is 16.8 Å². The Morgan fingerprint density at radius 2 is 1.65 bits per heavy atom. The molecule has 0 aromatic heterocycles. The SMILES string of the molecule is CC1CCN(S(=O)(=O)c2ccc(S(C)(=O)=O)cc2)C(CN)C1.Cl. The summed E-state index contributed by atoms with van der Waals surface area (Å²) in [6, 6.07) is 5.14. The van der Waals surface area contributed by atoms with Crippen LogP contribution < -0.4 is 5.73 Å². The average Bonchev–Trinajstić information content (AvgIpc) is 2.46. The third-order valence-electron chi connectivity index (χ3n) is 4.05. The monoisotopic (exact) mass is 382 g/mol. The highest BCUT2D eigenvalue weighted by Crippen LogP contribution is 2.28. The number of nitrogens with zero attached hydrogens (tertiary/aromatic N) is 1. The Bertz CT molecular complexity index is 733. The molecule has 9 heteroatoms.